The normalized spacial score (nSPS) is 23.2. The van der Waals surface area contributed by atoms with Gasteiger partial charge in [-0.1, -0.05) is 54.6 Å². The van der Waals surface area contributed by atoms with Crippen LogP contribution in [0.15, 0.2) is 103 Å². The number of nitrogens with zero attached hydrogens (tertiary/aromatic N) is 1. The highest BCUT2D eigenvalue weighted by atomic mass is 16.5. The molecule has 2 aliphatic carbocycles. The fourth-order valence-electron chi connectivity index (χ4n) is 6.16. The van der Waals surface area contributed by atoms with Crippen molar-refractivity contribution in [2.45, 2.75) is 6.42 Å². The van der Waals surface area contributed by atoms with E-state index in [9.17, 15) is 14.4 Å². The molecule has 6 heteroatoms. The minimum absolute atomic E-state index is 0.144. The van der Waals surface area contributed by atoms with Crippen LogP contribution in [0.25, 0.3) is 10.8 Å². The van der Waals surface area contributed by atoms with E-state index in [1.165, 1.54) is 4.90 Å². The summed E-state index contributed by atoms with van der Waals surface area (Å²) < 4.78 is 6.09. The Morgan fingerprint density at radius 1 is 0.789 bits per heavy atom. The van der Waals surface area contributed by atoms with Crippen LogP contribution in [0.1, 0.15) is 16.8 Å². The van der Waals surface area contributed by atoms with E-state index in [1.54, 1.807) is 48.5 Å². The number of benzene rings is 4. The molecule has 4 aromatic rings. The van der Waals surface area contributed by atoms with E-state index < -0.39 is 0 Å². The van der Waals surface area contributed by atoms with Crippen molar-refractivity contribution in [1.82, 2.24) is 0 Å². The van der Waals surface area contributed by atoms with Gasteiger partial charge in [-0.3, -0.25) is 14.4 Å². The minimum atomic E-state index is -0.324. The first kappa shape index (κ1) is 22.5. The third-order valence-corrected chi connectivity index (χ3v) is 7.93. The molecular formula is C32H24N2O4. The van der Waals surface area contributed by atoms with Crippen LogP contribution in [0.5, 0.6) is 11.5 Å². The first-order valence-electron chi connectivity index (χ1n) is 12.8. The predicted octanol–water partition coefficient (Wildman–Crippen LogP) is 6.20. The monoisotopic (exact) mass is 500 g/mol. The summed E-state index contributed by atoms with van der Waals surface area (Å²) in [4.78, 5) is 40.6. The molecule has 0 aromatic heterocycles. The van der Waals surface area contributed by atoms with Gasteiger partial charge in [-0.25, -0.2) is 4.90 Å². The maximum atomic E-state index is 13.2. The molecule has 4 unspecified atom stereocenters. The number of amides is 3. The minimum Gasteiger partial charge on any atom is -0.457 e. The largest absolute Gasteiger partial charge is 0.457 e. The Kier molecular flexibility index (Phi) is 5.15. The van der Waals surface area contributed by atoms with Gasteiger partial charge in [0.05, 0.1) is 17.5 Å². The molecule has 6 nitrogen and oxygen atoms in total. The molecule has 1 aliphatic heterocycles. The summed E-state index contributed by atoms with van der Waals surface area (Å²) in [7, 11) is 0. The van der Waals surface area contributed by atoms with E-state index in [4.69, 9.17) is 4.74 Å². The number of carbonyl (C=O) groups excluding carboxylic acids is 3. The highest BCUT2D eigenvalue weighted by molar-refractivity contribution is 6.23. The van der Waals surface area contributed by atoms with E-state index in [-0.39, 0.29) is 41.4 Å². The smallest absolute Gasteiger partial charge is 0.255 e. The number of anilines is 2. The highest BCUT2D eigenvalue weighted by Gasteiger charge is 2.59. The second-order valence-corrected chi connectivity index (χ2v) is 10.1. The lowest BCUT2D eigenvalue weighted by molar-refractivity contribution is -0.123. The third-order valence-electron chi connectivity index (χ3n) is 7.93. The zero-order valence-corrected chi connectivity index (χ0v) is 20.4. The Morgan fingerprint density at radius 2 is 1.47 bits per heavy atom. The van der Waals surface area contributed by atoms with Gasteiger partial charge in [0.25, 0.3) is 5.91 Å². The van der Waals surface area contributed by atoms with Crippen LogP contribution in [0.3, 0.4) is 0 Å². The summed E-state index contributed by atoms with van der Waals surface area (Å²) in [5, 5.41) is 5.01. The Balaban J connectivity index is 1.06. The van der Waals surface area contributed by atoms with Crippen LogP contribution in [-0.2, 0) is 9.59 Å². The third kappa shape index (κ3) is 3.60. The second-order valence-electron chi connectivity index (χ2n) is 10.1. The zero-order valence-electron chi connectivity index (χ0n) is 20.4. The average Bonchev–Trinajstić information content (AvgIpc) is 3.63. The lowest BCUT2D eigenvalue weighted by atomic mass is 9.85. The van der Waals surface area contributed by atoms with Gasteiger partial charge < -0.3 is 10.1 Å². The molecule has 38 heavy (non-hydrogen) atoms. The fourth-order valence-corrected chi connectivity index (χ4v) is 6.16. The van der Waals surface area contributed by atoms with Crippen LogP contribution in [0, 0.1) is 23.7 Å². The topological polar surface area (TPSA) is 75.7 Å². The maximum Gasteiger partial charge on any atom is 0.255 e. The molecule has 4 aromatic carbocycles. The summed E-state index contributed by atoms with van der Waals surface area (Å²) in [5.74, 6) is 0.519. The number of ether oxygens (including phenoxy) is 1. The van der Waals surface area contributed by atoms with Crippen molar-refractivity contribution in [2.75, 3.05) is 10.2 Å². The van der Waals surface area contributed by atoms with Gasteiger partial charge in [-0.2, -0.15) is 0 Å². The number of rotatable bonds is 5. The van der Waals surface area contributed by atoms with Crippen LogP contribution in [0.2, 0.25) is 0 Å². The standard InChI is InChI=1S/C32H24N2O4/c35-30(33-23-13-15-25(16-14-23)38-27-10-4-6-19-5-1-2-9-26(19)27)22-7-3-8-24(18-22)34-31(36)28-20-11-12-21(17-20)29(28)32(34)37/h1-16,18,20-21,28-29H,17H2,(H,33,35). The predicted molar refractivity (Wildman–Crippen MR) is 145 cm³/mol. The van der Waals surface area contributed by atoms with Crippen LogP contribution in [-0.4, -0.2) is 17.7 Å². The number of hydrogen-bond acceptors (Lipinski definition) is 4. The lowest BCUT2D eigenvalue weighted by Gasteiger charge is -2.18. The molecule has 2 bridgehead atoms. The van der Waals surface area contributed by atoms with Crippen molar-refractivity contribution in [3.63, 3.8) is 0 Å². The molecule has 4 atom stereocenters. The molecule has 0 spiro atoms. The summed E-state index contributed by atoms with van der Waals surface area (Å²) >= 11 is 0. The van der Waals surface area contributed by atoms with E-state index in [0.29, 0.717) is 22.7 Å². The molecular weight excluding hydrogens is 476 g/mol. The van der Waals surface area contributed by atoms with Gasteiger partial charge >= 0.3 is 0 Å². The second kappa shape index (κ2) is 8.70. The van der Waals surface area contributed by atoms with Crippen molar-refractivity contribution in [2.24, 2.45) is 23.7 Å². The Labute approximate surface area is 219 Å². The van der Waals surface area contributed by atoms with Gasteiger partial charge in [-0.05, 0) is 72.2 Å². The van der Waals surface area contributed by atoms with Gasteiger partial charge in [0.15, 0.2) is 0 Å². The number of fused-ring (bicyclic) bond motifs is 6. The van der Waals surface area contributed by atoms with Crippen molar-refractivity contribution < 1.29 is 19.1 Å². The van der Waals surface area contributed by atoms with E-state index in [1.807, 2.05) is 42.5 Å². The number of imide groups is 1. The number of hydrogen-bond donors (Lipinski definition) is 1. The molecule has 1 heterocycles. The maximum absolute atomic E-state index is 13.2. The van der Waals surface area contributed by atoms with Crippen molar-refractivity contribution >= 4 is 39.9 Å². The summed E-state index contributed by atoms with van der Waals surface area (Å²) in [6.07, 6.45) is 5.03. The molecule has 3 aliphatic rings. The quantitative estimate of drug-likeness (QED) is 0.262. The highest BCUT2D eigenvalue weighted by Crippen LogP contribution is 2.53. The van der Waals surface area contributed by atoms with Crippen molar-refractivity contribution in [3.8, 4) is 11.5 Å². The zero-order chi connectivity index (χ0) is 25.8. The van der Waals surface area contributed by atoms with Crippen molar-refractivity contribution in [3.05, 3.63) is 109 Å². The van der Waals surface area contributed by atoms with Crippen LogP contribution >= 0.6 is 0 Å². The van der Waals surface area contributed by atoms with Gasteiger partial charge in [0.1, 0.15) is 11.5 Å². The first-order chi connectivity index (χ1) is 18.6. The fraction of sp³-hybridized carbons (Fsp3) is 0.156. The molecule has 7 rings (SSSR count). The summed E-state index contributed by atoms with van der Waals surface area (Å²) in [6, 6.07) is 27.8. The summed E-state index contributed by atoms with van der Waals surface area (Å²) in [5.41, 5.74) is 1.42. The molecule has 186 valence electrons. The van der Waals surface area contributed by atoms with Gasteiger partial charge in [0.2, 0.25) is 11.8 Å². The molecule has 0 radical (unpaired) electrons. The van der Waals surface area contributed by atoms with Crippen molar-refractivity contribution in [1.29, 1.82) is 0 Å². The lowest BCUT2D eigenvalue weighted by Crippen LogP contribution is -2.33. The van der Waals surface area contributed by atoms with Gasteiger partial charge in [-0.15, -0.1) is 0 Å². The van der Waals surface area contributed by atoms with Crippen LogP contribution in [0.4, 0.5) is 11.4 Å². The SMILES string of the molecule is O=C(Nc1ccc(Oc2cccc3ccccc23)cc1)c1cccc(N2C(=O)C3C4C=CC(C4)C3C2=O)c1. The number of allylic oxidation sites excluding steroid dienone is 2. The van der Waals surface area contributed by atoms with E-state index in [2.05, 4.69) is 17.5 Å². The molecule has 2 fully saturated rings. The molecule has 1 saturated heterocycles. The Hall–Kier alpha value is -4.71. The molecule has 3 amide bonds. The Bertz CT molecular complexity index is 1610. The van der Waals surface area contributed by atoms with E-state index >= 15 is 0 Å². The van der Waals surface area contributed by atoms with Gasteiger partial charge in [0, 0.05) is 16.6 Å². The average molecular weight is 501 g/mol. The first-order valence-corrected chi connectivity index (χ1v) is 12.8. The van der Waals surface area contributed by atoms with E-state index in [0.717, 1.165) is 22.9 Å². The summed E-state index contributed by atoms with van der Waals surface area (Å²) in [6.45, 7) is 0. The number of nitrogens with one attached hydrogen (secondary N) is 1. The van der Waals surface area contributed by atoms with Crippen LogP contribution < -0.4 is 15.0 Å². The number of carbonyl (C=O) groups is 3. The molecule has 1 saturated carbocycles. The molecule has 1 N–H and O–H groups in total. The Morgan fingerprint density at radius 3 is 2.24 bits per heavy atom.